The van der Waals surface area contributed by atoms with Gasteiger partial charge in [-0.05, 0) is 72.2 Å². The molecule has 2 amide bonds. The predicted octanol–water partition coefficient (Wildman–Crippen LogP) is 9.00. The molecular formula is C44H44Cl6N4O6. The van der Waals surface area contributed by atoms with Crippen LogP contribution in [0.1, 0.15) is 36.8 Å². The summed E-state index contributed by atoms with van der Waals surface area (Å²) in [7, 11) is 0. The molecule has 3 aromatic rings. The molecule has 2 heterocycles. The third-order valence-corrected chi connectivity index (χ3v) is 11.6. The lowest BCUT2D eigenvalue weighted by Crippen LogP contribution is -2.49. The standard InChI is InChI=1S/C44H44Cl6N4O6/c45-43(46,47)41(51-39(55)33-17-15-31(27-29-9-3-1-4-10-29)37(33)53-19-23-57-24-20-53)59-35-13-7-8-14-36(35)60-42(44(48,49)50)52-40(56)34-18-16-32(28-30-11-5-2-6-12-30)38(34)54-21-25-58-26-22-54/h1-14,27-28,41-42H,15-26H2,(H,51,55)(H,52,56)/b31-27+,32-28+/t41-,42-/m1/s1. The Bertz CT molecular complexity index is 1970. The number of halogens is 6. The Kier molecular flexibility index (Phi) is 14.9. The fourth-order valence-corrected chi connectivity index (χ4v) is 8.23. The normalized spacial score (nSPS) is 20.1. The van der Waals surface area contributed by atoms with Crippen LogP contribution in [-0.4, -0.2) is 94.3 Å². The van der Waals surface area contributed by atoms with Crippen molar-refractivity contribution >= 4 is 93.6 Å². The van der Waals surface area contributed by atoms with Crippen molar-refractivity contribution in [3.05, 3.63) is 130 Å². The zero-order chi connectivity index (χ0) is 42.3. The second kappa shape index (κ2) is 20.1. The molecule has 2 saturated heterocycles. The van der Waals surface area contributed by atoms with Gasteiger partial charge in [0.05, 0.1) is 26.4 Å². The number of rotatable bonds is 12. The molecule has 0 aromatic heterocycles. The van der Waals surface area contributed by atoms with Crippen molar-refractivity contribution in [3.63, 3.8) is 0 Å². The minimum absolute atomic E-state index is 0.0447. The van der Waals surface area contributed by atoms with Gasteiger partial charge in [-0.1, -0.05) is 142 Å². The molecule has 0 radical (unpaired) electrons. The molecule has 3 aromatic carbocycles. The van der Waals surface area contributed by atoms with Crippen molar-refractivity contribution in [1.29, 1.82) is 0 Å². The second-order valence-electron chi connectivity index (χ2n) is 14.5. The fraction of sp³-hybridized carbons (Fsp3) is 0.364. The van der Waals surface area contributed by atoms with E-state index in [0.29, 0.717) is 89.4 Å². The van der Waals surface area contributed by atoms with Crippen LogP contribution in [0, 0.1) is 0 Å². The van der Waals surface area contributed by atoms with Crippen LogP contribution in [-0.2, 0) is 19.1 Å². The molecule has 2 aliphatic carbocycles. The summed E-state index contributed by atoms with van der Waals surface area (Å²) in [6, 6.07) is 26.3. The number of amides is 2. The maximum absolute atomic E-state index is 14.2. The lowest BCUT2D eigenvalue weighted by molar-refractivity contribution is -0.121. The largest absolute Gasteiger partial charge is 0.462 e. The van der Waals surface area contributed by atoms with E-state index in [1.165, 1.54) is 0 Å². The van der Waals surface area contributed by atoms with Gasteiger partial charge in [-0.3, -0.25) is 9.59 Å². The number of benzene rings is 3. The van der Waals surface area contributed by atoms with Crippen molar-refractivity contribution in [2.24, 2.45) is 0 Å². The zero-order valence-electron chi connectivity index (χ0n) is 32.5. The molecule has 0 saturated carbocycles. The molecule has 4 aliphatic rings. The van der Waals surface area contributed by atoms with Crippen molar-refractivity contribution in [3.8, 4) is 11.5 Å². The summed E-state index contributed by atoms with van der Waals surface area (Å²) < 4.78 is 19.4. The van der Waals surface area contributed by atoms with Gasteiger partial charge in [-0.25, -0.2) is 0 Å². The second-order valence-corrected chi connectivity index (χ2v) is 19.2. The number of hydrogen-bond donors (Lipinski definition) is 2. The quantitative estimate of drug-likeness (QED) is 0.137. The molecule has 0 spiro atoms. The maximum Gasteiger partial charge on any atom is 0.252 e. The van der Waals surface area contributed by atoms with E-state index >= 15 is 0 Å². The van der Waals surface area contributed by atoms with Crippen LogP contribution in [0.5, 0.6) is 11.5 Å². The van der Waals surface area contributed by atoms with E-state index in [-0.39, 0.29) is 11.5 Å². The van der Waals surface area contributed by atoms with Crippen LogP contribution in [0.4, 0.5) is 0 Å². The van der Waals surface area contributed by atoms with E-state index < -0.39 is 31.9 Å². The SMILES string of the molecule is O=C(N[C@H](Oc1ccccc1O[C@@H](NC(=O)C1=C(N2CCOCC2)/C(=C/c2ccccc2)CC1)C(Cl)(Cl)Cl)C(Cl)(Cl)Cl)C1=C(N2CCOCC2)/C(=C/c2ccccc2)CC1. The van der Waals surface area contributed by atoms with Gasteiger partial charge < -0.3 is 39.4 Å². The van der Waals surface area contributed by atoms with Gasteiger partial charge in [0.25, 0.3) is 11.8 Å². The van der Waals surface area contributed by atoms with E-state index in [1.807, 2.05) is 60.7 Å². The van der Waals surface area contributed by atoms with Crippen LogP contribution in [0.2, 0.25) is 0 Å². The molecule has 7 rings (SSSR count). The Hall–Kier alpha value is -3.58. The number of carbonyl (C=O) groups is 2. The Morgan fingerprint density at radius 1 is 0.550 bits per heavy atom. The summed E-state index contributed by atoms with van der Waals surface area (Å²) in [6.07, 6.45) is 3.37. The summed E-state index contributed by atoms with van der Waals surface area (Å²) in [6.45, 7) is 4.59. The fourth-order valence-electron chi connectivity index (χ4n) is 7.63. The van der Waals surface area contributed by atoms with Gasteiger partial charge in [0.15, 0.2) is 11.5 Å². The van der Waals surface area contributed by atoms with Crippen molar-refractivity contribution in [2.75, 3.05) is 52.6 Å². The summed E-state index contributed by atoms with van der Waals surface area (Å²) >= 11 is 38.9. The van der Waals surface area contributed by atoms with Gasteiger partial charge in [0.2, 0.25) is 20.0 Å². The van der Waals surface area contributed by atoms with E-state index in [0.717, 1.165) is 33.7 Å². The molecule has 10 nitrogen and oxygen atoms in total. The summed E-state index contributed by atoms with van der Waals surface area (Å²) in [5.74, 6) is -0.835. The molecule has 0 unspecified atom stereocenters. The van der Waals surface area contributed by atoms with Gasteiger partial charge in [-0.15, -0.1) is 0 Å². The average Bonchev–Trinajstić information content (AvgIpc) is 3.86. The number of allylic oxidation sites excluding steroid dienone is 2. The van der Waals surface area contributed by atoms with E-state index in [2.05, 4.69) is 32.6 Å². The minimum atomic E-state index is -2.15. The third kappa shape index (κ3) is 11.3. The summed E-state index contributed by atoms with van der Waals surface area (Å²) in [5.41, 5.74) is 6.79. The number of nitrogens with zero attached hydrogens (tertiary/aromatic N) is 2. The van der Waals surface area contributed by atoms with Gasteiger partial charge in [0.1, 0.15) is 0 Å². The number of hydrogen-bond acceptors (Lipinski definition) is 8. The summed E-state index contributed by atoms with van der Waals surface area (Å²) in [5, 5.41) is 5.62. The van der Waals surface area contributed by atoms with Crippen LogP contribution < -0.4 is 20.1 Å². The molecule has 2 atom stereocenters. The highest BCUT2D eigenvalue weighted by Crippen LogP contribution is 2.41. The first kappa shape index (κ1) is 44.5. The monoisotopic (exact) mass is 934 g/mol. The number of morpholine rings is 2. The Balaban J connectivity index is 1.13. The molecule has 16 heteroatoms. The molecule has 2 aliphatic heterocycles. The topological polar surface area (TPSA) is 102 Å². The third-order valence-electron chi connectivity index (χ3n) is 10.4. The molecule has 0 bridgehead atoms. The van der Waals surface area contributed by atoms with Gasteiger partial charge in [-0.2, -0.15) is 0 Å². The number of ether oxygens (including phenoxy) is 4. The van der Waals surface area contributed by atoms with Crippen LogP contribution in [0.15, 0.2) is 119 Å². The first-order valence-corrected chi connectivity index (χ1v) is 21.9. The van der Waals surface area contributed by atoms with Crippen molar-refractivity contribution in [1.82, 2.24) is 20.4 Å². The van der Waals surface area contributed by atoms with Gasteiger partial charge >= 0.3 is 0 Å². The number of alkyl halides is 6. The maximum atomic E-state index is 14.2. The number of carbonyl (C=O) groups excluding carboxylic acids is 2. The molecule has 2 fully saturated rings. The smallest absolute Gasteiger partial charge is 0.252 e. The highest BCUT2D eigenvalue weighted by atomic mass is 35.6. The van der Waals surface area contributed by atoms with E-state index in [4.69, 9.17) is 88.6 Å². The summed E-state index contributed by atoms with van der Waals surface area (Å²) in [4.78, 5) is 32.7. The lowest BCUT2D eigenvalue weighted by Gasteiger charge is -2.33. The Labute approximate surface area is 379 Å². The minimum Gasteiger partial charge on any atom is -0.462 e. The van der Waals surface area contributed by atoms with E-state index in [9.17, 15) is 9.59 Å². The molecule has 318 valence electrons. The highest BCUT2D eigenvalue weighted by Gasteiger charge is 2.42. The van der Waals surface area contributed by atoms with Crippen LogP contribution in [0.25, 0.3) is 12.2 Å². The molecular weight excluding hydrogens is 893 g/mol. The van der Waals surface area contributed by atoms with E-state index in [1.54, 1.807) is 24.3 Å². The lowest BCUT2D eigenvalue weighted by atomic mass is 10.1. The number of nitrogens with one attached hydrogen (secondary N) is 2. The predicted molar refractivity (Wildman–Crippen MR) is 238 cm³/mol. The molecule has 60 heavy (non-hydrogen) atoms. The zero-order valence-corrected chi connectivity index (χ0v) is 37.0. The van der Waals surface area contributed by atoms with Crippen molar-refractivity contribution in [2.45, 2.75) is 45.7 Å². The first-order valence-electron chi connectivity index (χ1n) is 19.7. The average molecular weight is 938 g/mol. The highest BCUT2D eigenvalue weighted by molar-refractivity contribution is 6.68. The Morgan fingerprint density at radius 2 is 0.900 bits per heavy atom. The van der Waals surface area contributed by atoms with Crippen LogP contribution >= 0.6 is 69.6 Å². The first-order chi connectivity index (χ1) is 28.8. The van der Waals surface area contributed by atoms with Crippen LogP contribution in [0.3, 0.4) is 0 Å². The Morgan fingerprint density at radius 3 is 1.25 bits per heavy atom. The number of para-hydroxylation sites is 2. The molecule has 2 N–H and O–H groups in total. The van der Waals surface area contributed by atoms with Gasteiger partial charge in [0, 0.05) is 48.7 Å². The van der Waals surface area contributed by atoms with Crippen molar-refractivity contribution < 1.29 is 28.5 Å².